The maximum absolute atomic E-state index is 12.1. The molecule has 0 saturated carbocycles. The van der Waals surface area contributed by atoms with E-state index in [1.54, 1.807) is 6.92 Å². The van der Waals surface area contributed by atoms with Crippen molar-refractivity contribution in [3.05, 3.63) is 35.9 Å². The summed E-state index contributed by atoms with van der Waals surface area (Å²) in [5.74, 6) is -0.202. The SMILES string of the molecule is CCCCC(C(=O)c1ccccc1)C(C)O. The smallest absolute Gasteiger partial charge is 0.168 e. The summed E-state index contributed by atoms with van der Waals surface area (Å²) in [6.45, 7) is 3.78. The summed E-state index contributed by atoms with van der Waals surface area (Å²) in [6.07, 6.45) is 2.22. The van der Waals surface area contributed by atoms with Crippen molar-refractivity contribution in [2.24, 2.45) is 5.92 Å². The van der Waals surface area contributed by atoms with Crippen LogP contribution in [0.3, 0.4) is 0 Å². The normalized spacial score (nSPS) is 14.4. The first-order chi connectivity index (χ1) is 7.66. The van der Waals surface area contributed by atoms with Crippen molar-refractivity contribution in [3.63, 3.8) is 0 Å². The van der Waals surface area contributed by atoms with Gasteiger partial charge in [-0.2, -0.15) is 0 Å². The largest absolute Gasteiger partial charge is 0.393 e. The van der Waals surface area contributed by atoms with Crippen molar-refractivity contribution in [2.45, 2.75) is 39.2 Å². The van der Waals surface area contributed by atoms with Gasteiger partial charge in [-0.1, -0.05) is 50.1 Å². The molecule has 16 heavy (non-hydrogen) atoms. The van der Waals surface area contributed by atoms with Crippen LogP contribution in [0.2, 0.25) is 0 Å². The van der Waals surface area contributed by atoms with E-state index in [1.807, 2.05) is 30.3 Å². The number of aliphatic hydroxyl groups is 1. The maximum Gasteiger partial charge on any atom is 0.168 e. The lowest BCUT2D eigenvalue weighted by molar-refractivity contribution is 0.0704. The maximum atomic E-state index is 12.1. The minimum absolute atomic E-state index is 0.0593. The Hall–Kier alpha value is -1.15. The first kappa shape index (κ1) is 12.9. The average molecular weight is 220 g/mol. The van der Waals surface area contributed by atoms with E-state index >= 15 is 0 Å². The van der Waals surface area contributed by atoms with Gasteiger partial charge in [0.25, 0.3) is 0 Å². The molecule has 1 rings (SSSR count). The van der Waals surface area contributed by atoms with Crippen molar-refractivity contribution in [1.82, 2.24) is 0 Å². The molecule has 0 spiro atoms. The van der Waals surface area contributed by atoms with Crippen LogP contribution in [0.5, 0.6) is 0 Å². The second kappa shape index (κ2) is 6.44. The number of benzene rings is 1. The van der Waals surface area contributed by atoms with E-state index in [0.29, 0.717) is 5.56 Å². The third-order valence-corrected chi connectivity index (χ3v) is 2.85. The Morgan fingerprint density at radius 3 is 2.44 bits per heavy atom. The molecule has 0 aromatic heterocycles. The van der Waals surface area contributed by atoms with Crippen LogP contribution in [0, 0.1) is 5.92 Å². The quantitative estimate of drug-likeness (QED) is 0.748. The minimum Gasteiger partial charge on any atom is -0.393 e. The summed E-state index contributed by atoms with van der Waals surface area (Å²) in [5, 5.41) is 9.65. The number of Topliss-reactive ketones (excluding diaryl/α,β-unsaturated/α-hetero) is 1. The minimum atomic E-state index is -0.570. The van der Waals surface area contributed by atoms with E-state index in [4.69, 9.17) is 0 Å². The number of ketones is 1. The molecule has 0 bridgehead atoms. The third kappa shape index (κ3) is 3.46. The molecule has 0 aliphatic heterocycles. The van der Waals surface area contributed by atoms with Gasteiger partial charge >= 0.3 is 0 Å². The highest BCUT2D eigenvalue weighted by Gasteiger charge is 2.23. The number of rotatable bonds is 6. The summed E-state index contributed by atoms with van der Waals surface area (Å²) in [6, 6.07) is 9.21. The van der Waals surface area contributed by atoms with Crippen LogP contribution in [0.1, 0.15) is 43.5 Å². The number of carbonyl (C=O) groups excluding carboxylic acids is 1. The van der Waals surface area contributed by atoms with Crippen molar-refractivity contribution in [1.29, 1.82) is 0 Å². The number of hydrogen-bond acceptors (Lipinski definition) is 2. The summed E-state index contributed by atoms with van der Waals surface area (Å²) < 4.78 is 0. The first-order valence-corrected chi connectivity index (χ1v) is 5.94. The van der Waals surface area contributed by atoms with Gasteiger partial charge in [0.2, 0.25) is 0 Å². The van der Waals surface area contributed by atoms with E-state index in [-0.39, 0.29) is 11.7 Å². The number of carbonyl (C=O) groups is 1. The number of unbranched alkanes of at least 4 members (excludes halogenated alkanes) is 1. The first-order valence-electron chi connectivity index (χ1n) is 5.94. The fourth-order valence-electron chi connectivity index (χ4n) is 1.83. The van der Waals surface area contributed by atoms with Crippen LogP contribution in [0.4, 0.5) is 0 Å². The molecule has 0 heterocycles. The van der Waals surface area contributed by atoms with E-state index in [9.17, 15) is 9.90 Å². The van der Waals surface area contributed by atoms with Gasteiger partial charge in [0.05, 0.1) is 6.10 Å². The fraction of sp³-hybridized carbons (Fsp3) is 0.500. The van der Waals surface area contributed by atoms with Gasteiger partial charge < -0.3 is 5.11 Å². The predicted molar refractivity (Wildman–Crippen MR) is 65.5 cm³/mol. The van der Waals surface area contributed by atoms with Gasteiger partial charge in [0.15, 0.2) is 5.78 Å². The highest BCUT2D eigenvalue weighted by atomic mass is 16.3. The highest BCUT2D eigenvalue weighted by Crippen LogP contribution is 2.19. The molecule has 1 aromatic carbocycles. The second-order valence-electron chi connectivity index (χ2n) is 4.22. The zero-order valence-corrected chi connectivity index (χ0v) is 10.0. The molecule has 0 aliphatic rings. The molecule has 2 nitrogen and oxygen atoms in total. The number of hydrogen-bond donors (Lipinski definition) is 1. The van der Waals surface area contributed by atoms with Crippen LogP contribution in [0.15, 0.2) is 30.3 Å². The van der Waals surface area contributed by atoms with Crippen molar-refractivity contribution >= 4 is 5.78 Å². The van der Waals surface area contributed by atoms with Gasteiger partial charge in [-0.15, -0.1) is 0 Å². The summed E-state index contributed by atoms with van der Waals surface area (Å²) >= 11 is 0. The van der Waals surface area contributed by atoms with Crippen molar-refractivity contribution < 1.29 is 9.90 Å². The summed E-state index contributed by atoms with van der Waals surface area (Å²) in [4.78, 5) is 12.1. The van der Waals surface area contributed by atoms with Gasteiger partial charge in [-0.05, 0) is 13.3 Å². The van der Waals surface area contributed by atoms with E-state index in [0.717, 1.165) is 19.3 Å². The molecular weight excluding hydrogens is 200 g/mol. The van der Waals surface area contributed by atoms with Crippen LogP contribution < -0.4 is 0 Å². The molecule has 1 aromatic rings. The molecule has 2 unspecified atom stereocenters. The Morgan fingerprint density at radius 1 is 1.31 bits per heavy atom. The fourth-order valence-corrected chi connectivity index (χ4v) is 1.83. The molecular formula is C14H20O2. The molecule has 1 N–H and O–H groups in total. The average Bonchev–Trinajstić information content (AvgIpc) is 2.30. The van der Waals surface area contributed by atoms with Gasteiger partial charge in [0.1, 0.15) is 0 Å². The zero-order valence-electron chi connectivity index (χ0n) is 10.0. The van der Waals surface area contributed by atoms with Gasteiger partial charge in [-0.3, -0.25) is 4.79 Å². The third-order valence-electron chi connectivity index (χ3n) is 2.85. The Kier molecular flexibility index (Phi) is 5.20. The lowest BCUT2D eigenvalue weighted by Crippen LogP contribution is -2.26. The molecule has 0 fully saturated rings. The van der Waals surface area contributed by atoms with Crippen LogP contribution in [0.25, 0.3) is 0 Å². The van der Waals surface area contributed by atoms with Gasteiger partial charge in [-0.25, -0.2) is 0 Å². The number of aliphatic hydroxyl groups excluding tert-OH is 1. The molecule has 0 radical (unpaired) electrons. The molecule has 0 aliphatic carbocycles. The lowest BCUT2D eigenvalue weighted by Gasteiger charge is -2.18. The van der Waals surface area contributed by atoms with Crippen LogP contribution in [-0.2, 0) is 0 Å². The molecule has 0 amide bonds. The van der Waals surface area contributed by atoms with Crippen LogP contribution in [-0.4, -0.2) is 17.0 Å². The predicted octanol–water partition coefficient (Wildman–Crippen LogP) is 3.06. The second-order valence-corrected chi connectivity index (χ2v) is 4.22. The molecule has 0 saturated heterocycles. The lowest BCUT2D eigenvalue weighted by atomic mass is 9.89. The Morgan fingerprint density at radius 2 is 1.94 bits per heavy atom. The van der Waals surface area contributed by atoms with Crippen LogP contribution >= 0.6 is 0 Å². The Bertz CT molecular complexity index is 317. The Balaban J connectivity index is 2.75. The van der Waals surface area contributed by atoms with Crippen molar-refractivity contribution in [2.75, 3.05) is 0 Å². The van der Waals surface area contributed by atoms with Crippen molar-refractivity contribution in [3.8, 4) is 0 Å². The molecule has 2 heteroatoms. The highest BCUT2D eigenvalue weighted by molar-refractivity contribution is 5.98. The Labute approximate surface area is 97.3 Å². The standard InChI is InChI=1S/C14H20O2/c1-3-4-10-13(11(2)15)14(16)12-8-6-5-7-9-12/h5-9,11,13,15H,3-4,10H2,1-2H3. The topological polar surface area (TPSA) is 37.3 Å². The monoisotopic (exact) mass is 220 g/mol. The molecule has 88 valence electrons. The molecule has 2 atom stereocenters. The summed E-state index contributed by atoms with van der Waals surface area (Å²) in [7, 11) is 0. The van der Waals surface area contributed by atoms with Gasteiger partial charge in [0, 0.05) is 11.5 Å². The van der Waals surface area contributed by atoms with E-state index < -0.39 is 6.10 Å². The van der Waals surface area contributed by atoms with E-state index in [2.05, 4.69) is 6.92 Å². The van der Waals surface area contributed by atoms with E-state index in [1.165, 1.54) is 0 Å². The summed E-state index contributed by atoms with van der Waals surface area (Å²) in [5.41, 5.74) is 0.699. The zero-order chi connectivity index (χ0) is 12.0.